The molecule has 0 radical (unpaired) electrons. The Balaban J connectivity index is 4.75. The van der Waals surface area contributed by atoms with Crippen LogP contribution in [0.2, 0.25) is 0 Å². The Morgan fingerprint density at radius 2 is 1.76 bits per heavy atom. The highest BCUT2D eigenvalue weighted by Gasteiger charge is 2.31. The molecule has 1 amide bonds. The summed E-state index contributed by atoms with van der Waals surface area (Å²) in [5.74, 6) is -0.984. The highest BCUT2D eigenvalue weighted by atomic mass is 32.2. The first-order valence-electron chi connectivity index (χ1n) is 5.03. The van der Waals surface area contributed by atoms with Gasteiger partial charge in [0.1, 0.15) is 0 Å². The van der Waals surface area contributed by atoms with Crippen molar-refractivity contribution in [1.29, 1.82) is 0 Å². The quantitative estimate of drug-likeness (QED) is 0.416. The van der Waals surface area contributed by atoms with Crippen molar-refractivity contribution in [3.8, 4) is 0 Å². The summed E-state index contributed by atoms with van der Waals surface area (Å²) in [6, 6.07) is 0. The lowest BCUT2D eigenvalue weighted by molar-refractivity contribution is -0.826. The first-order chi connectivity index (χ1) is 7.25. The average Bonchev–Trinajstić information content (AvgIpc) is 1.94. The number of amides is 1. The predicted molar refractivity (Wildman–Crippen MR) is 65.8 cm³/mol. The van der Waals surface area contributed by atoms with Crippen LogP contribution < -0.4 is 5.32 Å². The van der Waals surface area contributed by atoms with Crippen molar-refractivity contribution in [3.63, 3.8) is 0 Å². The lowest BCUT2D eigenvalue weighted by atomic mass is 10.1. The Labute approximate surface area is 103 Å². The van der Waals surface area contributed by atoms with E-state index in [1.165, 1.54) is 13.8 Å². The molecule has 0 fully saturated rings. The van der Waals surface area contributed by atoms with E-state index in [-0.39, 0.29) is 4.48 Å². The minimum absolute atomic E-state index is 0.244. The van der Waals surface area contributed by atoms with Crippen molar-refractivity contribution < 1.29 is 22.2 Å². The molecule has 0 saturated carbocycles. The highest BCUT2D eigenvalue weighted by molar-refractivity contribution is 7.85. The molecule has 100 valence electrons. The number of nitrogens with zero attached hydrogens (tertiary/aromatic N) is 1. The molecule has 0 rings (SSSR count). The lowest BCUT2D eigenvalue weighted by Gasteiger charge is -2.29. The molecule has 0 aromatic carbocycles. The second kappa shape index (κ2) is 4.75. The summed E-state index contributed by atoms with van der Waals surface area (Å²) in [4.78, 5) is 11.8. The molecule has 0 aliphatic heterocycles. The highest BCUT2D eigenvalue weighted by Crippen LogP contribution is 2.10. The molecular weight excluding hydrogens is 244 g/mol. The normalized spacial score (nSPS) is 13.3. The van der Waals surface area contributed by atoms with Crippen LogP contribution in [0.25, 0.3) is 0 Å². The smallest absolute Gasteiger partial charge is 0.305 e. The van der Waals surface area contributed by atoms with Gasteiger partial charge in [0.25, 0.3) is 10.1 Å². The van der Waals surface area contributed by atoms with Crippen molar-refractivity contribution in [1.82, 2.24) is 5.32 Å². The van der Waals surface area contributed by atoms with Crippen LogP contribution in [0.15, 0.2) is 12.3 Å². The number of quaternary nitrogens is 1. The minimum Gasteiger partial charge on any atom is -0.341 e. The van der Waals surface area contributed by atoms with E-state index in [1.807, 2.05) is 0 Å². The van der Waals surface area contributed by atoms with Gasteiger partial charge in [0.2, 0.25) is 0 Å². The monoisotopic (exact) mass is 265 g/mol. The molecule has 0 unspecified atom stereocenters. The third-order valence-corrected chi connectivity index (χ3v) is 3.15. The Kier molecular flexibility index (Phi) is 4.50. The number of nitrogens with one attached hydrogen (secondary N) is 1. The van der Waals surface area contributed by atoms with Gasteiger partial charge >= 0.3 is 5.91 Å². The van der Waals surface area contributed by atoms with Crippen LogP contribution >= 0.6 is 0 Å². The van der Waals surface area contributed by atoms with E-state index in [0.717, 1.165) is 0 Å². The van der Waals surface area contributed by atoms with Crippen LogP contribution in [-0.2, 0) is 14.9 Å². The summed E-state index contributed by atoms with van der Waals surface area (Å²) < 4.78 is 30.5. The van der Waals surface area contributed by atoms with Crippen molar-refractivity contribution in [2.75, 3.05) is 26.9 Å². The first kappa shape index (κ1) is 16.1. The molecule has 0 spiro atoms. The first-order valence-corrected chi connectivity index (χ1v) is 6.64. The van der Waals surface area contributed by atoms with Gasteiger partial charge in [-0.1, -0.05) is 0 Å². The second-order valence-corrected chi connectivity index (χ2v) is 6.98. The maximum Gasteiger partial charge on any atom is 0.305 e. The molecule has 0 saturated heterocycles. The molecule has 0 aromatic heterocycles. The zero-order valence-electron chi connectivity index (χ0n) is 10.9. The predicted octanol–water partition coefficient (Wildman–Crippen LogP) is -0.0111. The van der Waals surface area contributed by atoms with Gasteiger partial charge in [0, 0.05) is 0 Å². The summed E-state index contributed by atoms with van der Waals surface area (Å²) in [6.07, 6.45) is 0. The van der Waals surface area contributed by atoms with Gasteiger partial charge in [-0.05, 0) is 20.4 Å². The Bertz CT molecular complexity index is 418. The van der Waals surface area contributed by atoms with Crippen LogP contribution in [-0.4, -0.2) is 55.8 Å². The zero-order chi connectivity index (χ0) is 14.1. The van der Waals surface area contributed by atoms with Crippen LogP contribution in [0.4, 0.5) is 0 Å². The third-order valence-electron chi connectivity index (χ3n) is 2.07. The molecule has 2 N–H and O–H groups in total. The van der Waals surface area contributed by atoms with Gasteiger partial charge in [0.15, 0.2) is 5.70 Å². The summed E-state index contributed by atoms with van der Waals surface area (Å²) in [5, 5.41) is 2.53. The third kappa shape index (κ3) is 6.40. The van der Waals surface area contributed by atoms with E-state index in [1.54, 1.807) is 21.1 Å². The van der Waals surface area contributed by atoms with E-state index >= 15 is 0 Å². The van der Waals surface area contributed by atoms with Crippen molar-refractivity contribution in [2.45, 2.75) is 19.4 Å². The average molecular weight is 265 g/mol. The Morgan fingerprint density at radius 1 is 1.35 bits per heavy atom. The number of carbonyl (C=O) groups is 1. The minimum atomic E-state index is -4.14. The topological polar surface area (TPSA) is 83.5 Å². The number of hydrogen-bond donors (Lipinski definition) is 2. The summed E-state index contributed by atoms with van der Waals surface area (Å²) in [5.41, 5.74) is -0.753. The Morgan fingerprint density at radius 3 is 2.06 bits per heavy atom. The van der Waals surface area contributed by atoms with Crippen molar-refractivity contribution in [2.24, 2.45) is 0 Å². The maximum absolute atomic E-state index is 11.8. The van der Waals surface area contributed by atoms with Crippen LogP contribution in [0.1, 0.15) is 13.8 Å². The van der Waals surface area contributed by atoms with Gasteiger partial charge in [-0.25, -0.2) is 0 Å². The molecule has 17 heavy (non-hydrogen) atoms. The SMILES string of the molecule is C=C(C(=O)NC(C)(C)CS(=O)(=O)O)[N+](C)(C)C. The summed E-state index contributed by atoms with van der Waals surface area (Å²) in [7, 11) is 1.19. The van der Waals surface area contributed by atoms with Crippen LogP contribution in [0.5, 0.6) is 0 Å². The van der Waals surface area contributed by atoms with Crippen LogP contribution in [0, 0.1) is 0 Å². The van der Waals surface area contributed by atoms with Gasteiger partial charge < -0.3 is 5.32 Å². The molecule has 0 aromatic rings. The van der Waals surface area contributed by atoms with Crippen molar-refractivity contribution in [3.05, 3.63) is 12.3 Å². The van der Waals surface area contributed by atoms with Gasteiger partial charge in [-0.15, -0.1) is 0 Å². The molecular formula is C10H21N2O4S+. The molecule has 0 aliphatic rings. The van der Waals surface area contributed by atoms with E-state index in [2.05, 4.69) is 11.9 Å². The number of carbonyl (C=O) groups excluding carboxylic acids is 1. The van der Waals surface area contributed by atoms with Gasteiger partial charge in [0.05, 0.1) is 32.4 Å². The molecule has 6 nitrogen and oxygen atoms in total. The molecule has 0 atom stereocenters. The molecule has 0 aliphatic carbocycles. The summed E-state index contributed by atoms with van der Waals surface area (Å²) in [6.45, 7) is 6.69. The largest absolute Gasteiger partial charge is 0.341 e. The maximum atomic E-state index is 11.8. The number of hydrogen-bond acceptors (Lipinski definition) is 3. The molecule has 0 heterocycles. The van der Waals surface area contributed by atoms with E-state index in [4.69, 9.17) is 4.55 Å². The number of likely N-dealkylation sites (N-methyl/N-ethyl adjacent to an activating group) is 1. The lowest BCUT2D eigenvalue weighted by Crippen LogP contribution is -2.52. The fraction of sp³-hybridized carbons (Fsp3) is 0.700. The zero-order valence-corrected chi connectivity index (χ0v) is 11.8. The number of rotatable bonds is 5. The fourth-order valence-corrected chi connectivity index (χ4v) is 2.16. The second-order valence-electron chi connectivity index (χ2n) is 5.52. The fourth-order valence-electron chi connectivity index (χ4n) is 1.18. The van der Waals surface area contributed by atoms with E-state index < -0.39 is 27.3 Å². The van der Waals surface area contributed by atoms with Gasteiger partial charge in [-0.3, -0.25) is 13.8 Å². The molecule has 7 heteroatoms. The van der Waals surface area contributed by atoms with E-state index in [0.29, 0.717) is 5.70 Å². The Hall–Kier alpha value is -0.920. The van der Waals surface area contributed by atoms with E-state index in [9.17, 15) is 13.2 Å². The summed E-state index contributed by atoms with van der Waals surface area (Å²) >= 11 is 0. The molecule has 0 bridgehead atoms. The van der Waals surface area contributed by atoms with Crippen LogP contribution in [0.3, 0.4) is 0 Å². The van der Waals surface area contributed by atoms with Gasteiger partial charge in [-0.2, -0.15) is 8.42 Å². The van der Waals surface area contributed by atoms with Crippen molar-refractivity contribution >= 4 is 16.0 Å². The standard InChI is InChI=1S/C10H20N2O4S/c1-8(12(4,5)6)9(13)11-10(2,3)7-17(14,15)16/h1,7H2,2-6H3,(H-,11,13,14,15,16)/p+1.